The molecule has 1 saturated heterocycles. The predicted octanol–water partition coefficient (Wildman–Crippen LogP) is 2.74. The number of nitrogens with zero attached hydrogens (tertiary/aromatic N) is 2. The summed E-state index contributed by atoms with van der Waals surface area (Å²) in [5, 5.41) is 3.16. The normalized spacial score (nSPS) is 19.8. The van der Waals surface area contributed by atoms with Crippen molar-refractivity contribution < 1.29 is 9.59 Å². The Labute approximate surface area is 154 Å². The Balaban J connectivity index is 1.81. The summed E-state index contributed by atoms with van der Waals surface area (Å²) in [5.41, 5.74) is 2.47. The Morgan fingerprint density at radius 2 is 1.96 bits per heavy atom. The van der Waals surface area contributed by atoms with Crippen LogP contribution >= 0.6 is 0 Å². The molecule has 2 heterocycles. The second-order valence-electron chi connectivity index (χ2n) is 6.83. The Morgan fingerprint density at radius 3 is 2.65 bits per heavy atom. The molecule has 2 amide bonds. The molecule has 5 nitrogen and oxygen atoms in total. The Hall–Kier alpha value is -2.69. The third-order valence-electron chi connectivity index (χ3n) is 5.04. The molecule has 0 bridgehead atoms. The lowest BCUT2D eigenvalue weighted by Gasteiger charge is -2.41. The number of hydrogen-bond acceptors (Lipinski definition) is 3. The van der Waals surface area contributed by atoms with Gasteiger partial charge in [0.15, 0.2) is 0 Å². The predicted molar refractivity (Wildman–Crippen MR) is 101 cm³/mol. The monoisotopic (exact) mass is 351 g/mol. The van der Waals surface area contributed by atoms with Gasteiger partial charge in [0.2, 0.25) is 5.91 Å². The molecule has 1 aromatic carbocycles. The number of amides is 2. The first kappa shape index (κ1) is 18.1. The summed E-state index contributed by atoms with van der Waals surface area (Å²) < 4.78 is 0. The van der Waals surface area contributed by atoms with E-state index < -0.39 is 0 Å². The summed E-state index contributed by atoms with van der Waals surface area (Å²) in [7, 11) is 0. The average molecular weight is 351 g/mol. The van der Waals surface area contributed by atoms with E-state index in [4.69, 9.17) is 0 Å². The first-order valence-corrected chi connectivity index (χ1v) is 9.10. The van der Waals surface area contributed by atoms with Crippen LogP contribution in [0.4, 0.5) is 0 Å². The molecule has 2 atom stereocenters. The van der Waals surface area contributed by atoms with Gasteiger partial charge in [-0.2, -0.15) is 0 Å². The van der Waals surface area contributed by atoms with Crippen molar-refractivity contribution >= 4 is 11.8 Å². The van der Waals surface area contributed by atoms with Crippen LogP contribution in [0.15, 0.2) is 48.7 Å². The molecule has 1 aliphatic heterocycles. The van der Waals surface area contributed by atoms with Crippen LogP contribution in [0, 0.1) is 6.92 Å². The number of rotatable bonds is 4. The molecular weight excluding hydrogens is 326 g/mol. The summed E-state index contributed by atoms with van der Waals surface area (Å²) in [6.07, 6.45) is 4.17. The number of benzene rings is 1. The molecule has 3 rings (SSSR count). The molecular formula is C21H25N3O2. The molecule has 1 fully saturated rings. The summed E-state index contributed by atoms with van der Waals surface area (Å²) >= 11 is 0. The highest BCUT2D eigenvalue weighted by Crippen LogP contribution is 2.22. The summed E-state index contributed by atoms with van der Waals surface area (Å²) in [4.78, 5) is 31.0. The zero-order valence-corrected chi connectivity index (χ0v) is 15.3. The quantitative estimate of drug-likeness (QED) is 0.921. The van der Waals surface area contributed by atoms with Crippen LogP contribution in [0.5, 0.6) is 0 Å². The van der Waals surface area contributed by atoms with Crippen molar-refractivity contribution in [3.63, 3.8) is 0 Å². The molecule has 1 aliphatic rings. The number of nitrogens with one attached hydrogen (secondary N) is 1. The topological polar surface area (TPSA) is 62.3 Å². The minimum absolute atomic E-state index is 0.0374. The van der Waals surface area contributed by atoms with E-state index in [2.05, 4.69) is 22.4 Å². The van der Waals surface area contributed by atoms with Gasteiger partial charge in [-0.05, 0) is 43.9 Å². The van der Waals surface area contributed by atoms with Gasteiger partial charge in [0, 0.05) is 31.4 Å². The minimum atomic E-state index is -0.121. The Bertz CT molecular complexity index is 776. The lowest BCUT2D eigenvalue weighted by molar-refractivity contribution is -0.133. The third-order valence-corrected chi connectivity index (χ3v) is 5.04. The van der Waals surface area contributed by atoms with Crippen molar-refractivity contribution in [2.45, 2.75) is 45.2 Å². The maximum atomic E-state index is 12.8. The van der Waals surface area contributed by atoms with E-state index >= 15 is 0 Å². The first-order valence-electron chi connectivity index (χ1n) is 9.10. The van der Waals surface area contributed by atoms with Gasteiger partial charge >= 0.3 is 0 Å². The molecule has 136 valence electrons. The molecule has 0 unspecified atom stereocenters. The maximum absolute atomic E-state index is 12.8. The Kier molecular flexibility index (Phi) is 5.66. The molecule has 0 aliphatic carbocycles. The molecule has 0 radical (unpaired) electrons. The van der Waals surface area contributed by atoms with Crippen molar-refractivity contribution in [1.29, 1.82) is 0 Å². The molecule has 1 N–H and O–H groups in total. The fourth-order valence-electron chi connectivity index (χ4n) is 3.69. The van der Waals surface area contributed by atoms with Crippen molar-refractivity contribution in [3.05, 3.63) is 65.5 Å². The smallest absolute Gasteiger partial charge is 0.253 e. The van der Waals surface area contributed by atoms with E-state index in [1.807, 2.05) is 30.0 Å². The van der Waals surface area contributed by atoms with Crippen molar-refractivity contribution in [2.75, 3.05) is 6.54 Å². The fourth-order valence-corrected chi connectivity index (χ4v) is 3.69. The molecule has 2 aromatic rings. The lowest BCUT2D eigenvalue weighted by atomic mass is 9.90. The fraction of sp³-hybridized carbons (Fsp3) is 0.381. The molecule has 26 heavy (non-hydrogen) atoms. The van der Waals surface area contributed by atoms with E-state index in [0.717, 1.165) is 25.8 Å². The highest BCUT2D eigenvalue weighted by molar-refractivity contribution is 5.95. The number of hydrogen-bond donors (Lipinski definition) is 1. The van der Waals surface area contributed by atoms with Gasteiger partial charge in [0.05, 0.1) is 11.6 Å². The van der Waals surface area contributed by atoms with E-state index in [1.165, 1.54) is 5.56 Å². The number of carbonyl (C=O) groups excluding carboxylic acids is 2. The number of aromatic nitrogens is 1. The van der Waals surface area contributed by atoms with Gasteiger partial charge in [0.1, 0.15) is 0 Å². The van der Waals surface area contributed by atoms with Crippen LogP contribution in [0.3, 0.4) is 0 Å². The van der Waals surface area contributed by atoms with Crippen LogP contribution in [-0.2, 0) is 11.2 Å². The van der Waals surface area contributed by atoms with Crippen LogP contribution < -0.4 is 5.32 Å². The summed E-state index contributed by atoms with van der Waals surface area (Å²) in [5.74, 6) is -0.0634. The molecule has 0 spiro atoms. The highest BCUT2D eigenvalue weighted by Gasteiger charge is 2.34. The van der Waals surface area contributed by atoms with Crippen LogP contribution in [0.25, 0.3) is 0 Å². The number of likely N-dealkylation sites (tertiary alicyclic amines) is 1. The average Bonchev–Trinajstić information content (AvgIpc) is 2.64. The van der Waals surface area contributed by atoms with E-state index in [9.17, 15) is 9.59 Å². The minimum Gasteiger partial charge on any atom is -0.347 e. The van der Waals surface area contributed by atoms with Gasteiger partial charge in [0.25, 0.3) is 5.91 Å². The number of piperidine rings is 1. The van der Waals surface area contributed by atoms with Crippen LogP contribution in [-0.4, -0.2) is 40.3 Å². The summed E-state index contributed by atoms with van der Waals surface area (Å²) in [6, 6.07) is 13.6. The zero-order valence-electron chi connectivity index (χ0n) is 15.3. The largest absolute Gasteiger partial charge is 0.347 e. The van der Waals surface area contributed by atoms with Gasteiger partial charge in [-0.15, -0.1) is 0 Å². The van der Waals surface area contributed by atoms with E-state index in [0.29, 0.717) is 11.3 Å². The number of pyridine rings is 1. The van der Waals surface area contributed by atoms with Gasteiger partial charge < -0.3 is 10.2 Å². The first-order chi connectivity index (χ1) is 12.6. The highest BCUT2D eigenvalue weighted by atomic mass is 16.2. The summed E-state index contributed by atoms with van der Waals surface area (Å²) in [6.45, 7) is 4.18. The number of carbonyl (C=O) groups is 2. The SMILES string of the molecule is CC(=O)N1CCC[C@H](NC(=O)c2cccnc2C)[C@@H]1Cc1ccccc1. The second-order valence-corrected chi connectivity index (χ2v) is 6.83. The van der Waals surface area contributed by atoms with Crippen LogP contribution in [0.1, 0.15) is 41.4 Å². The Morgan fingerprint density at radius 1 is 1.19 bits per heavy atom. The van der Waals surface area contributed by atoms with E-state index in [1.54, 1.807) is 25.3 Å². The van der Waals surface area contributed by atoms with Gasteiger partial charge in [-0.25, -0.2) is 0 Å². The van der Waals surface area contributed by atoms with Crippen molar-refractivity contribution in [3.8, 4) is 0 Å². The van der Waals surface area contributed by atoms with Gasteiger partial charge in [-0.1, -0.05) is 30.3 Å². The molecule has 0 saturated carbocycles. The second kappa shape index (κ2) is 8.13. The van der Waals surface area contributed by atoms with E-state index in [-0.39, 0.29) is 23.9 Å². The standard InChI is InChI=1S/C21H25N3O2/c1-15-18(10-6-12-22-15)21(26)23-19-11-7-13-24(16(2)25)20(19)14-17-8-4-3-5-9-17/h3-6,8-10,12,19-20H,7,11,13-14H2,1-2H3,(H,23,26)/t19-,20-/m0/s1. The van der Waals surface area contributed by atoms with Crippen LogP contribution in [0.2, 0.25) is 0 Å². The molecule has 1 aromatic heterocycles. The lowest BCUT2D eigenvalue weighted by Crippen LogP contribution is -2.57. The van der Waals surface area contributed by atoms with Crippen molar-refractivity contribution in [1.82, 2.24) is 15.2 Å². The zero-order chi connectivity index (χ0) is 18.5. The van der Waals surface area contributed by atoms with Crippen molar-refractivity contribution in [2.24, 2.45) is 0 Å². The number of aryl methyl sites for hydroxylation is 1. The maximum Gasteiger partial charge on any atom is 0.253 e. The third kappa shape index (κ3) is 4.10. The van der Waals surface area contributed by atoms with Gasteiger partial charge in [-0.3, -0.25) is 14.6 Å². The molecule has 5 heteroatoms.